The highest BCUT2D eigenvalue weighted by atomic mass is 16.1. The Hall–Kier alpha value is -3.64. The summed E-state index contributed by atoms with van der Waals surface area (Å²) in [6.07, 6.45) is 1.09. The molecule has 0 fully saturated rings. The third-order valence-corrected chi connectivity index (χ3v) is 5.19. The Morgan fingerprint density at radius 2 is 1.93 bits per heavy atom. The topological polar surface area (TPSA) is 96.6 Å². The largest absolute Gasteiger partial charge is 0.363 e. The monoisotopic (exact) mass is 385 g/mol. The van der Waals surface area contributed by atoms with Crippen molar-refractivity contribution in [1.29, 1.82) is 10.5 Å². The first-order valence-electron chi connectivity index (χ1n) is 9.45. The molecule has 1 N–H and O–H groups in total. The van der Waals surface area contributed by atoms with Gasteiger partial charge in [-0.15, -0.1) is 0 Å². The van der Waals surface area contributed by atoms with E-state index in [0.717, 1.165) is 22.1 Å². The third kappa shape index (κ3) is 3.97. The molecule has 1 unspecified atom stereocenters. The number of nitrogens with zero attached hydrogens (tertiary/aromatic N) is 4. The Morgan fingerprint density at radius 3 is 2.55 bits per heavy atom. The predicted octanol–water partition coefficient (Wildman–Crippen LogP) is 3.45. The number of hydrogen-bond donors (Lipinski definition) is 1. The first-order chi connectivity index (χ1) is 13.8. The molecule has 0 radical (unpaired) electrons. The summed E-state index contributed by atoms with van der Waals surface area (Å²) in [5, 5.41) is 20.2. The SMILES string of the molecule is CCc1cc2ccc(C(C)(C#N)Cc3cc(C#N)nc(N(C)C)c3)cc2[nH]c1=O. The lowest BCUT2D eigenvalue weighted by Crippen LogP contribution is -2.23. The summed E-state index contributed by atoms with van der Waals surface area (Å²) in [6.45, 7) is 3.82. The first-order valence-corrected chi connectivity index (χ1v) is 9.45. The molecule has 1 atom stereocenters. The van der Waals surface area contributed by atoms with E-state index in [1.807, 2.05) is 63.2 Å². The minimum Gasteiger partial charge on any atom is -0.363 e. The Morgan fingerprint density at radius 1 is 1.17 bits per heavy atom. The van der Waals surface area contributed by atoms with Gasteiger partial charge in [0.1, 0.15) is 17.6 Å². The van der Waals surface area contributed by atoms with Crippen molar-refractivity contribution in [1.82, 2.24) is 9.97 Å². The fraction of sp³-hybridized carbons (Fsp3) is 0.304. The van der Waals surface area contributed by atoms with E-state index in [4.69, 9.17) is 0 Å². The number of benzene rings is 1. The van der Waals surface area contributed by atoms with Gasteiger partial charge in [-0.25, -0.2) is 4.98 Å². The van der Waals surface area contributed by atoms with Crippen molar-refractivity contribution in [2.75, 3.05) is 19.0 Å². The van der Waals surface area contributed by atoms with E-state index in [0.29, 0.717) is 29.9 Å². The summed E-state index contributed by atoms with van der Waals surface area (Å²) >= 11 is 0. The zero-order chi connectivity index (χ0) is 21.2. The van der Waals surface area contributed by atoms with Crippen LogP contribution in [0.4, 0.5) is 5.82 Å². The summed E-state index contributed by atoms with van der Waals surface area (Å²) in [5.74, 6) is 0.675. The van der Waals surface area contributed by atoms with Crippen LogP contribution in [-0.4, -0.2) is 24.1 Å². The third-order valence-electron chi connectivity index (χ3n) is 5.19. The molecule has 146 valence electrons. The molecule has 0 amide bonds. The van der Waals surface area contributed by atoms with E-state index >= 15 is 0 Å². The van der Waals surface area contributed by atoms with Gasteiger partial charge in [0, 0.05) is 25.2 Å². The number of nitrogens with one attached hydrogen (secondary N) is 1. The van der Waals surface area contributed by atoms with Crippen molar-refractivity contribution >= 4 is 16.7 Å². The maximum absolute atomic E-state index is 12.2. The molecule has 0 aliphatic heterocycles. The maximum Gasteiger partial charge on any atom is 0.251 e. The standard InChI is InChI=1S/C23H23N5O/c1-5-16-10-17-6-7-18(11-20(17)27-22(16)29)23(2,14-25)12-15-8-19(13-24)26-21(9-15)28(3)4/h6-11H,5,12H2,1-4H3,(H,27,29). The molecule has 3 aromatic rings. The van der Waals surface area contributed by atoms with E-state index in [2.05, 4.69) is 22.1 Å². The smallest absolute Gasteiger partial charge is 0.251 e. The number of hydrogen-bond acceptors (Lipinski definition) is 5. The van der Waals surface area contributed by atoms with Gasteiger partial charge in [0.15, 0.2) is 0 Å². The van der Waals surface area contributed by atoms with Crippen molar-refractivity contribution in [3.8, 4) is 12.1 Å². The second-order valence-corrected chi connectivity index (χ2v) is 7.63. The van der Waals surface area contributed by atoms with Crippen LogP contribution < -0.4 is 10.5 Å². The molecule has 6 heteroatoms. The molecular weight excluding hydrogens is 362 g/mol. The van der Waals surface area contributed by atoms with Crippen LogP contribution in [0.5, 0.6) is 0 Å². The van der Waals surface area contributed by atoms with Crippen LogP contribution in [0.2, 0.25) is 0 Å². The number of nitriles is 2. The van der Waals surface area contributed by atoms with Crippen LogP contribution in [-0.2, 0) is 18.3 Å². The highest BCUT2D eigenvalue weighted by molar-refractivity contribution is 5.80. The van der Waals surface area contributed by atoms with Crippen molar-refractivity contribution in [3.63, 3.8) is 0 Å². The van der Waals surface area contributed by atoms with Crippen molar-refractivity contribution < 1.29 is 0 Å². The minimum absolute atomic E-state index is 0.0979. The van der Waals surface area contributed by atoms with Crippen LogP contribution >= 0.6 is 0 Å². The second-order valence-electron chi connectivity index (χ2n) is 7.63. The minimum atomic E-state index is -0.827. The van der Waals surface area contributed by atoms with Gasteiger partial charge in [-0.2, -0.15) is 10.5 Å². The summed E-state index contributed by atoms with van der Waals surface area (Å²) < 4.78 is 0. The Kier molecular flexibility index (Phi) is 5.39. The zero-order valence-electron chi connectivity index (χ0n) is 17.1. The van der Waals surface area contributed by atoms with Gasteiger partial charge in [0.05, 0.1) is 11.5 Å². The number of pyridine rings is 2. The summed E-state index contributed by atoms with van der Waals surface area (Å²) in [7, 11) is 3.72. The van der Waals surface area contributed by atoms with Crippen molar-refractivity contribution in [2.24, 2.45) is 0 Å². The average molecular weight is 385 g/mol. The molecule has 6 nitrogen and oxygen atoms in total. The second kappa shape index (κ2) is 7.77. The van der Waals surface area contributed by atoms with E-state index in [1.165, 1.54) is 0 Å². The number of fused-ring (bicyclic) bond motifs is 1. The van der Waals surface area contributed by atoms with Crippen LogP contribution in [0.1, 0.15) is 36.2 Å². The Balaban J connectivity index is 2.06. The number of aromatic nitrogens is 2. The highest BCUT2D eigenvalue weighted by Crippen LogP contribution is 2.30. The van der Waals surface area contributed by atoms with E-state index in [1.54, 1.807) is 6.07 Å². The summed E-state index contributed by atoms with van der Waals surface area (Å²) in [4.78, 5) is 21.2. The molecule has 0 saturated heterocycles. The molecule has 0 aliphatic rings. The van der Waals surface area contributed by atoms with Gasteiger partial charge >= 0.3 is 0 Å². The lowest BCUT2D eigenvalue weighted by Gasteiger charge is -2.23. The van der Waals surface area contributed by atoms with Gasteiger partial charge < -0.3 is 9.88 Å². The molecular formula is C23H23N5O. The van der Waals surface area contributed by atoms with E-state index in [9.17, 15) is 15.3 Å². The lowest BCUT2D eigenvalue weighted by molar-refractivity contribution is 0.606. The number of anilines is 1. The van der Waals surface area contributed by atoms with Crippen molar-refractivity contribution in [3.05, 3.63) is 69.1 Å². The molecule has 0 saturated carbocycles. The Labute approximate surface area is 170 Å². The average Bonchev–Trinajstić information content (AvgIpc) is 2.72. The van der Waals surface area contributed by atoms with Gasteiger partial charge in [-0.3, -0.25) is 4.79 Å². The molecule has 2 heterocycles. The highest BCUT2D eigenvalue weighted by Gasteiger charge is 2.28. The molecule has 3 rings (SSSR count). The van der Waals surface area contributed by atoms with E-state index < -0.39 is 5.41 Å². The quantitative estimate of drug-likeness (QED) is 0.725. The maximum atomic E-state index is 12.2. The zero-order valence-corrected chi connectivity index (χ0v) is 17.1. The molecule has 0 spiro atoms. The van der Waals surface area contributed by atoms with Crippen LogP contribution in [0.3, 0.4) is 0 Å². The van der Waals surface area contributed by atoms with Gasteiger partial charge in [-0.1, -0.05) is 19.1 Å². The normalized spacial score (nSPS) is 12.8. The number of rotatable bonds is 5. The van der Waals surface area contributed by atoms with Crippen molar-refractivity contribution in [2.45, 2.75) is 32.1 Å². The fourth-order valence-electron chi connectivity index (χ4n) is 3.43. The predicted molar refractivity (Wildman–Crippen MR) is 114 cm³/mol. The lowest BCUT2D eigenvalue weighted by atomic mass is 9.78. The molecule has 2 aromatic heterocycles. The van der Waals surface area contributed by atoms with Crippen LogP contribution in [0.25, 0.3) is 10.9 Å². The molecule has 29 heavy (non-hydrogen) atoms. The van der Waals surface area contributed by atoms with Gasteiger partial charge in [0.25, 0.3) is 5.56 Å². The number of H-pyrrole nitrogens is 1. The molecule has 0 bridgehead atoms. The first kappa shape index (κ1) is 20.1. The summed E-state index contributed by atoms with van der Waals surface area (Å²) in [5.41, 5.74) is 2.53. The van der Waals surface area contributed by atoms with Gasteiger partial charge in [-0.05, 0) is 60.5 Å². The fourth-order valence-corrected chi connectivity index (χ4v) is 3.43. The van der Waals surface area contributed by atoms with Gasteiger partial charge in [0.2, 0.25) is 0 Å². The molecule has 1 aromatic carbocycles. The van der Waals surface area contributed by atoms with E-state index in [-0.39, 0.29) is 5.56 Å². The van der Waals surface area contributed by atoms with Crippen LogP contribution in [0.15, 0.2) is 41.2 Å². The number of aryl methyl sites for hydroxylation is 1. The Bertz CT molecular complexity index is 1210. The van der Waals surface area contributed by atoms with Crippen LogP contribution in [0, 0.1) is 22.7 Å². The number of aromatic amines is 1. The summed E-state index contributed by atoms with van der Waals surface area (Å²) in [6, 6.07) is 15.8. The molecule has 0 aliphatic carbocycles.